The molecular formula is C18H23FN2O2. The second-order valence-corrected chi connectivity index (χ2v) is 7.21. The number of benzene rings is 1. The fourth-order valence-electron chi connectivity index (χ4n) is 4.25. The summed E-state index contributed by atoms with van der Waals surface area (Å²) in [6.45, 7) is 2.98. The van der Waals surface area contributed by atoms with E-state index in [-0.39, 0.29) is 17.3 Å². The van der Waals surface area contributed by atoms with E-state index in [0.29, 0.717) is 18.6 Å². The van der Waals surface area contributed by atoms with Crippen LogP contribution in [0.5, 0.6) is 0 Å². The number of hydrogen-bond donors (Lipinski definition) is 1. The second kappa shape index (κ2) is 5.87. The van der Waals surface area contributed by atoms with Crippen molar-refractivity contribution in [2.75, 3.05) is 26.4 Å². The first-order valence-corrected chi connectivity index (χ1v) is 8.52. The van der Waals surface area contributed by atoms with Gasteiger partial charge in [-0.1, -0.05) is 12.1 Å². The van der Waals surface area contributed by atoms with Gasteiger partial charge < -0.3 is 9.64 Å². The molecule has 2 heterocycles. The van der Waals surface area contributed by atoms with Crippen LogP contribution in [0, 0.1) is 11.7 Å². The second-order valence-electron chi connectivity index (χ2n) is 7.21. The number of hydrogen-bond acceptors (Lipinski definition) is 3. The molecule has 4 nitrogen and oxygen atoms in total. The third-order valence-electron chi connectivity index (χ3n) is 5.70. The van der Waals surface area contributed by atoms with Gasteiger partial charge in [0.2, 0.25) is 5.91 Å². The molecule has 1 N–H and O–H groups in total. The number of carbonyl (C=O) groups excluding carboxylic acids is 1. The topological polar surface area (TPSA) is 41.6 Å². The maximum absolute atomic E-state index is 13.0. The van der Waals surface area contributed by atoms with Crippen LogP contribution in [0.25, 0.3) is 0 Å². The average molecular weight is 318 g/mol. The fraction of sp³-hybridized carbons (Fsp3) is 0.611. The Morgan fingerprint density at radius 1 is 1.22 bits per heavy atom. The fourth-order valence-corrected chi connectivity index (χ4v) is 4.25. The molecule has 1 amide bonds. The van der Waals surface area contributed by atoms with Gasteiger partial charge in [-0.25, -0.2) is 4.39 Å². The highest BCUT2D eigenvalue weighted by molar-refractivity contribution is 5.80. The number of piperidine rings is 1. The summed E-state index contributed by atoms with van der Waals surface area (Å²) in [6, 6.07) is 6.80. The first kappa shape index (κ1) is 15.1. The van der Waals surface area contributed by atoms with Crippen molar-refractivity contribution in [2.45, 2.75) is 37.1 Å². The van der Waals surface area contributed by atoms with E-state index in [1.54, 1.807) is 0 Å². The quantitative estimate of drug-likeness (QED) is 0.909. The van der Waals surface area contributed by atoms with Crippen molar-refractivity contribution < 1.29 is 13.9 Å². The zero-order valence-corrected chi connectivity index (χ0v) is 13.3. The Bertz CT molecular complexity index is 567. The summed E-state index contributed by atoms with van der Waals surface area (Å²) in [5.41, 5.74) is 1.26. The molecule has 0 atom stereocenters. The monoisotopic (exact) mass is 318 g/mol. The zero-order valence-electron chi connectivity index (χ0n) is 13.3. The Hall–Kier alpha value is -1.46. The van der Waals surface area contributed by atoms with E-state index in [2.05, 4.69) is 5.32 Å². The highest BCUT2D eigenvalue weighted by Gasteiger charge is 2.50. The van der Waals surface area contributed by atoms with Gasteiger partial charge in [0.15, 0.2) is 0 Å². The number of nitrogens with zero attached hydrogens (tertiary/aromatic N) is 1. The van der Waals surface area contributed by atoms with E-state index in [4.69, 9.17) is 4.74 Å². The molecule has 3 aliphatic rings. The summed E-state index contributed by atoms with van der Waals surface area (Å²) in [7, 11) is 0. The largest absolute Gasteiger partial charge is 0.364 e. The summed E-state index contributed by atoms with van der Waals surface area (Å²) >= 11 is 0. The Balaban J connectivity index is 1.29. The minimum Gasteiger partial charge on any atom is -0.364 e. The standard InChI is InChI=1S/C18H23FN2O2/c19-16-3-1-13(2-4-16)14-5-7-21(8-6-14)17(22)15-9-18(10-15)11-23-12-20-18/h1-4,14-15,20H,5-12H2/t15-,18+. The van der Waals surface area contributed by atoms with Crippen molar-refractivity contribution in [2.24, 2.45) is 5.92 Å². The molecule has 3 fully saturated rings. The molecule has 5 heteroatoms. The minimum atomic E-state index is -0.190. The predicted molar refractivity (Wildman–Crippen MR) is 84.4 cm³/mol. The van der Waals surface area contributed by atoms with E-state index >= 15 is 0 Å². The lowest BCUT2D eigenvalue weighted by atomic mass is 9.68. The smallest absolute Gasteiger partial charge is 0.225 e. The van der Waals surface area contributed by atoms with Gasteiger partial charge in [0.05, 0.1) is 13.3 Å². The summed E-state index contributed by atoms with van der Waals surface area (Å²) in [5.74, 6) is 0.718. The number of likely N-dealkylation sites (tertiary alicyclic amines) is 1. The van der Waals surface area contributed by atoms with Crippen molar-refractivity contribution in [3.05, 3.63) is 35.6 Å². The van der Waals surface area contributed by atoms with E-state index in [1.165, 1.54) is 17.7 Å². The third kappa shape index (κ3) is 2.88. The SMILES string of the molecule is O=C([C@H]1C[C@]2(COCN2)C1)N1CCC(c2ccc(F)cc2)CC1. The maximum atomic E-state index is 13.0. The number of rotatable bonds is 2. The normalized spacial score (nSPS) is 31.3. The summed E-state index contributed by atoms with van der Waals surface area (Å²) in [4.78, 5) is 14.6. The molecule has 1 aliphatic carbocycles. The molecule has 124 valence electrons. The minimum absolute atomic E-state index is 0.0762. The van der Waals surface area contributed by atoms with Crippen LogP contribution in [-0.4, -0.2) is 42.8 Å². The Kier molecular flexibility index (Phi) is 3.85. The third-order valence-corrected chi connectivity index (χ3v) is 5.70. The van der Waals surface area contributed by atoms with Gasteiger partial charge in [0.25, 0.3) is 0 Å². The van der Waals surface area contributed by atoms with Crippen LogP contribution in [0.15, 0.2) is 24.3 Å². The molecule has 2 aliphatic heterocycles. The highest BCUT2D eigenvalue weighted by Crippen LogP contribution is 2.41. The van der Waals surface area contributed by atoms with Crippen LogP contribution in [0.3, 0.4) is 0 Å². The summed E-state index contributed by atoms with van der Waals surface area (Å²) < 4.78 is 18.4. The Labute approximate surface area is 136 Å². The molecule has 0 aromatic heterocycles. The van der Waals surface area contributed by atoms with Crippen LogP contribution in [0.4, 0.5) is 4.39 Å². The number of amides is 1. The van der Waals surface area contributed by atoms with Gasteiger partial charge >= 0.3 is 0 Å². The Morgan fingerprint density at radius 2 is 1.91 bits per heavy atom. The highest BCUT2D eigenvalue weighted by atomic mass is 19.1. The molecule has 1 spiro atoms. The molecular weight excluding hydrogens is 295 g/mol. The number of ether oxygens (including phenoxy) is 1. The lowest BCUT2D eigenvalue weighted by Gasteiger charge is -2.45. The van der Waals surface area contributed by atoms with Gasteiger partial charge in [0, 0.05) is 24.5 Å². The van der Waals surface area contributed by atoms with Crippen LogP contribution < -0.4 is 5.32 Å². The van der Waals surface area contributed by atoms with E-state index in [1.807, 2.05) is 17.0 Å². The van der Waals surface area contributed by atoms with Gasteiger partial charge in [-0.05, 0) is 49.3 Å². The molecule has 1 saturated carbocycles. The number of carbonyl (C=O) groups is 1. The lowest BCUT2D eigenvalue weighted by Crippen LogP contribution is -2.58. The van der Waals surface area contributed by atoms with Crippen molar-refractivity contribution in [1.82, 2.24) is 10.2 Å². The maximum Gasteiger partial charge on any atom is 0.225 e. The molecule has 1 aromatic rings. The average Bonchev–Trinajstić information content (AvgIpc) is 3.04. The molecule has 0 bridgehead atoms. The molecule has 0 unspecified atom stereocenters. The van der Waals surface area contributed by atoms with Crippen molar-refractivity contribution in [3.8, 4) is 0 Å². The van der Waals surface area contributed by atoms with Crippen molar-refractivity contribution >= 4 is 5.91 Å². The predicted octanol–water partition coefficient (Wildman–Crippen LogP) is 2.26. The molecule has 0 radical (unpaired) electrons. The molecule has 4 rings (SSSR count). The van der Waals surface area contributed by atoms with E-state index in [0.717, 1.165) is 45.4 Å². The first-order chi connectivity index (χ1) is 11.2. The molecule has 23 heavy (non-hydrogen) atoms. The number of halogens is 1. The first-order valence-electron chi connectivity index (χ1n) is 8.52. The van der Waals surface area contributed by atoms with Gasteiger partial charge in [-0.2, -0.15) is 0 Å². The van der Waals surface area contributed by atoms with E-state index < -0.39 is 0 Å². The van der Waals surface area contributed by atoms with Crippen LogP contribution in [0.1, 0.15) is 37.2 Å². The van der Waals surface area contributed by atoms with Crippen molar-refractivity contribution in [1.29, 1.82) is 0 Å². The zero-order chi connectivity index (χ0) is 15.9. The number of nitrogens with one attached hydrogen (secondary N) is 1. The summed E-state index contributed by atoms with van der Waals surface area (Å²) in [5, 5.41) is 3.37. The van der Waals surface area contributed by atoms with E-state index in [9.17, 15) is 9.18 Å². The molecule has 2 saturated heterocycles. The van der Waals surface area contributed by atoms with Gasteiger partial charge in [-0.15, -0.1) is 0 Å². The lowest BCUT2D eigenvalue weighted by molar-refractivity contribution is -0.142. The van der Waals surface area contributed by atoms with Gasteiger partial charge in [-0.3, -0.25) is 10.1 Å². The molecule has 1 aromatic carbocycles. The Morgan fingerprint density at radius 3 is 2.52 bits per heavy atom. The van der Waals surface area contributed by atoms with Crippen molar-refractivity contribution in [3.63, 3.8) is 0 Å². The van der Waals surface area contributed by atoms with Crippen LogP contribution in [0.2, 0.25) is 0 Å². The van der Waals surface area contributed by atoms with Crippen LogP contribution in [-0.2, 0) is 9.53 Å². The summed E-state index contributed by atoms with van der Waals surface area (Å²) in [6.07, 6.45) is 3.75. The van der Waals surface area contributed by atoms with Crippen LogP contribution >= 0.6 is 0 Å². The van der Waals surface area contributed by atoms with Gasteiger partial charge in [0.1, 0.15) is 5.82 Å².